The van der Waals surface area contributed by atoms with Crippen LogP contribution in [0, 0.1) is 0 Å². The van der Waals surface area contributed by atoms with Crippen LogP contribution in [0.15, 0.2) is 30.3 Å². The van der Waals surface area contributed by atoms with Crippen LogP contribution in [-0.2, 0) is 9.59 Å². The molecule has 0 aromatic heterocycles. The highest BCUT2D eigenvalue weighted by atomic mass is 16.2. The molecule has 1 heterocycles. The van der Waals surface area contributed by atoms with Gasteiger partial charge in [0.25, 0.3) is 0 Å². The van der Waals surface area contributed by atoms with E-state index in [0.717, 1.165) is 19.3 Å². The van der Waals surface area contributed by atoms with Crippen molar-refractivity contribution in [3.8, 4) is 0 Å². The molecule has 24 heavy (non-hydrogen) atoms. The number of rotatable bonds is 5. The molecule has 1 aromatic rings. The summed E-state index contributed by atoms with van der Waals surface area (Å²) in [6.07, 6.45) is 2.79. The van der Waals surface area contributed by atoms with Crippen LogP contribution in [0.2, 0.25) is 0 Å². The number of nitrogens with one attached hydrogen (secondary N) is 2. The molecule has 0 saturated carbocycles. The first-order chi connectivity index (χ1) is 11.5. The standard InChI is InChI=1S/C17H24N4O3/c1-12(19-17(24)20-13-7-3-2-4-8-13)16(23)21-10-6-5-9-14(21)11-15(18)22/h2-4,7-8,12,14H,5-6,9-11H2,1H3,(H2,18,22)(H2,19,20,24)/t12-,14+/m1/s1. The van der Waals surface area contributed by atoms with Crippen LogP contribution < -0.4 is 16.4 Å². The van der Waals surface area contributed by atoms with Crippen molar-refractivity contribution in [2.24, 2.45) is 5.73 Å². The quantitative estimate of drug-likeness (QED) is 0.760. The second-order valence-corrected chi connectivity index (χ2v) is 6.04. The number of nitrogens with two attached hydrogens (primary N) is 1. The zero-order chi connectivity index (χ0) is 17.5. The lowest BCUT2D eigenvalue weighted by Gasteiger charge is -2.36. The van der Waals surface area contributed by atoms with Crippen LogP contribution >= 0.6 is 0 Å². The first-order valence-corrected chi connectivity index (χ1v) is 8.18. The molecule has 2 rings (SSSR count). The van der Waals surface area contributed by atoms with E-state index in [2.05, 4.69) is 10.6 Å². The third kappa shape index (κ3) is 4.97. The normalized spacial score (nSPS) is 18.5. The number of benzene rings is 1. The maximum absolute atomic E-state index is 12.6. The molecule has 0 bridgehead atoms. The number of para-hydroxylation sites is 1. The average Bonchev–Trinajstić information content (AvgIpc) is 2.55. The number of nitrogens with zero attached hydrogens (tertiary/aromatic N) is 1. The largest absolute Gasteiger partial charge is 0.370 e. The number of piperidine rings is 1. The van der Waals surface area contributed by atoms with Gasteiger partial charge in [-0.2, -0.15) is 0 Å². The molecule has 130 valence electrons. The van der Waals surface area contributed by atoms with Crippen LogP contribution in [0.4, 0.5) is 10.5 Å². The van der Waals surface area contributed by atoms with E-state index in [1.807, 2.05) is 18.2 Å². The van der Waals surface area contributed by atoms with Gasteiger partial charge in [0.2, 0.25) is 11.8 Å². The van der Waals surface area contributed by atoms with E-state index < -0.39 is 18.0 Å². The van der Waals surface area contributed by atoms with Crippen LogP contribution in [0.25, 0.3) is 0 Å². The molecule has 7 heteroatoms. The van der Waals surface area contributed by atoms with Gasteiger partial charge in [-0.3, -0.25) is 9.59 Å². The number of carbonyl (C=O) groups is 3. The summed E-state index contributed by atoms with van der Waals surface area (Å²) in [6.45, 7) is 2.23. The predicted molar refractivity (Wildman–Crippen MR) is 91.2 cm³/mol. The molecule has 1 aliphatic rings. The Kier molecular flexibility index (Phi) is 6.17. The molecule has 4 N–H and O–H groups in total. The topological polar surface area (TPSA) is 105 Å². The molecule has 0 aliphatic carbocycles. The molecule has 1 aliphatic heterocycles. The Labute approximate surface area is 141 Å². The molecule has 1 aromatic carbocycles. The summed E-state index contributed by atoms with van der Waals surface area (Å²) in [5.74, 6) is -0.605. The zero-order valence-electron chi connectivity index (χ0n) is 13.8. The van der Waals surface area contributed by atoms with E-state index in [1.54, 1.807) is 24.0 Å². The van der Waals surface area contributed by atoms with Crippen molar-refractivity contribution in [1.82, 2.24) is 10.2 Å². The van der Waals surface area contributed by atoms with Crippen LogP contribution in [0.1, 0.15) is 32.6 Å². The molecule has 0 unspecified atom stereocenters. The smallest absolute Gasteiger partial charge is 0.319 e. The van der Waals surface area contributed by atoms with Crippen LogP contribution in [0.3, 0.4) is 0 Å². The Morgan fingerprint density at radius 2 is 1.96 bits per heavy atom. The maximum atomic E-state index is 12.6. The lowest BCUT2D eigenvalue weighted by atomic mass is 9.98. The van der Waals surface area contributed by atoms with Gasteiger partial charge in [0.05, 0.1) is 0 Å². The highest BCUT2D eigenvalue weighted by Crippen LogP contribution is 2.20. The van der Waals surface area contributed by atoms with E-state index >= 15 is 0 Å². The summed E-state index contributed by atoms with van der Waals surface area (Å²) in [4.78, 5) is 37.5. The molecular weight excluding hydrogens is 308 g/mol. The van der Waals surface area contributed by atoms with Crippen molar-refractivity contribution in [2.45, 2.75) is 44.7 Å². The van der Waals surface area contributed by atoms with Crippen molar-refractivity contribution < 1.29 is 14.4 Å². The van der Waals surface area contributed by atoms with Gasteiger partial charge in [0.1, 0.15) is 6.04 Å². The summed E-state index contributed by atoms with van der Waals surface area (Å²) in [6, 6.07) is 7.71. The summed E-state index contributed by atoms with van der Waals surface area (Å²) in [7, 11) is 0. The Hall–Kier alpha value is -2.57. The number of primary amides is 1. The minimum Gasteiger partial charge on any atom is -0.370 e. The SMILES string of the molecule is C[C@@H](NC(=O)Nc1ccccc1)C(=O)N1CCCC[C@H]1CC(N)=O. The summed E-state index contributed by atoms with van der Waals surface area (Å²) >= 11 is 0. The van der Waals surface area contributed by atoms with Gasteiger partial charge in [-0.05, 0) is 38.3 Å². The van der Waals surface area contributed by atoms with E-state index in [9.17, 15) is 14.4 Å². The number of hydrogen-bond acceptors (Lipinski definition) is 3. The molecule has 1 saturated heterocycles. The number of carbonyl (C=O) groups excluding carboxylic acids is 3. The fourth-order valence-electron chi connectivity index (χ4n) is 2.93. The number of likely N-dealkylation sites (tertiary alicyclic amines) is 1. The van der Waals surface area contributed by atoms with Gasteiger partial charge >= 0.3 is 6.03 Å². The van der Waals surface area contributed by atoms with Crippen molar-refractivity contribution in [2.75, 3.05) is 11.9 Å². The van der Waals surface area contributed by atoms with Gasteiger partial charge in [-0.25, -0.2) is 4.79 Å². The second kappa shape index (κ2) is 8.33. The second-order valence-electron chi connectivity index (χ2n) is 6.04. The van der Waals surface area contributed by atoms with Gasteiger partial charge < -0.3 is 21.3 Å². The van der Waals surface area contributed by atoms with Gasteiger partial charge in [0.15, 0.2) is 0 Å². The van der Waals surface area contributed by atoms with E-state index in [4.69, 9.17) is 5.73 Å². The minimum atomic E-state index is -0.679. The molecule has 1 fully saturated rings. The van der Waals surface area contributed by atoms with Gasteiger partial charge in [-0.15, -0.1) is 0 Å². The minimum absolute atomic E-state index is 0.161. The number of urea groups is 1. The van der Waals surface area contributed by atoms with Gasteiger partial charge in [-0.1, -0.05) is 18.2 Å². The first kappa shape index (κ1) is 17.8. The Bertz CT molecular complexity index is 591. The number of hydrogen-bond donors (Lipinski definition) is 3. The Morgan fingerprint density at radius 3 is 2.62 bits per heavy atom. The summed E-state index contributed by atoms with van der Waals surface area (Å²) in [5, 5.41) is 5.32. The van der Waals surface area contributed by atoms with E-state index in [1.165, 1.54) is 0 Å². The van der Waals surface area contributed by atoms with Gasteiger partial charge in [0, 0.05) is 24.7 Å². The Balaban J connectivity index is 1.92. The first-order valence-electron chi connectivity index (χ1n) is 8.18. The monoisotopic (exact) mass is 332 g/mol. The fourth-order valence-corrected chi connectivity index (χ4v) is 2.93. The molecule has 7 nitrogen and oxygen atoms in total. The highest BCUT2D eigenvalue weighted by Gasteiger charge is 2.31. The van der Waals surface area contributed by atoms with Crippen molar-refractivity contribution in [3.05, 3.63) is 30.3 Å². The third-order valence-corrected chi connectivity index (χ3v) is 4.10. The molecule has 4 amide bonds. The van der Waals surface area contributed by atoms with Crippen molar-refractivity contribution in [1.29, 1.82) is 0 Å². The fraction of sp³-hybridized carbons (Fsp3) is 0.471. The maximum Gasteiger partial charge on any atom is 0.319 e. The predicted octanol–water partition coefficient (Wildman–Crippen LogP) is 1.45. The van der Waals surface area contributed by atoms with E-state index in [0.29, 0.717) is 12.2 Å². The number of amides is 4. The zero-order valence-corrected chi connectivity index (χ0v) is 13.8. The Morgan fingerprint density at radius 1 is 1.25 bits per heavy atom. The van der Waals surface area contributed by atoms with E-state index in [-0.39, 0.29) is 18.4 Å². The molecule has 0 radical (unpaired) electrons. The third-order valence-electron chi connectivity index (χ3n) is 4.10. The number of anilines is 1. The lowest BCUT2D eigenvalue weighted by molar-refractivity contribution is -0.137. The highest BCUT2D eigenvalue weighted by molar-refractivity contribution is 5.93. The summed E-state index contributed by atoms with van der Waals surface area (Å²) < 4.78 is 0. The van der Waals surface area contributed by atoms with Crippen molar-refractivity contribution in [3.63, 3.8) is 0 Å². The lowest BCUT2D eigenvalue weighted by Crippen LogP contribution is -2.53. The molecular formula is C17H24N4O3. The molecule has 2 atom stereocenters. The van der Waals surface area contributed by atoms with Crippen LogP contribution in [-0.4, -0.2) is 41.4 Å². The molecule has 0 spiro atoms. The van der Waals surface area contributed by atoms with Crippen LogP contribution in [0.5, 0.6) is 0 Å². The average molecular weight is 332 g/mol. The van der Waals surface area contributed by atoms with Crippen molar-refractivity contribution >= 4 is 23.5 Å². The summed E-state index contributed by atoms with van der Waals surface area (Å²) in [5.41, 5.74) is 5.92.